The van der Waals surface area contributed by atoms with E-state index in [0.717, 1.165) is 0 Å². The Labute approximate surface area is 137 Å². The molecule has 0 amide bonds. The lowest BCUT2D eigenvalue weighted by atomic mass is 9.85. The molecule has 2 aliphatic heterocycles. The number of ether oxygens (including phenoxy) is 6. The van der Waals surface area contributed by atoms with E-state index in [-0.39, 0.29) is 0 Å². The third-order valence-corrected chi connectivity index (χ3v) is 4.40. The van der Waals surface area contributed by atoms with Crippen LogP contribution in [-0.4, -0.2) is 66.2 Å². The molecule has 7 heteroatoms. The van der Waals surface area contributed by atoms with Crippen molar-refractivity contribution in [2.24, 2.45) is 0 Å². The van der Waals surface area contributed by atoms with Crippen LogP contribution in [0.1, 0.15) is 41.5 Å². The van der Waals surface area contributed by atoms with Crippen LogP contribution in [0.5, 0.6) is 0 Å². The highest BCUT2D eigenvalue weighted by Crippen LogP contribution is 2.45. The van der Waals surface area contributed by atoms with Gasteiger partial charge in [0.25, 0.3) is 0 Å². The molecule has 1 aliphatic carbocycles. The first-order valence-electron chi connectivity index (χ1n) is 8.30. The van der Waals surface area contributed by atoms with Gasteiger partial charge in [-0.15, -0.1) is 0 Å². The third-order valence-electron chi connectivity index (χ3n) is 4.40. The first kappa shape index (κ1) is 17.5. The van der Waals surface area contributed by atoms with Gasteiger partial charge in [-0.25, -0.2) is 0 Å². The van der Waals surface area contributed by atoms with E-state index in [1.54, 1.807) is 0 Å². The molecule has 0 aromatic rings. The van der Waals surface area contributed by atoms with E-state index >= 15 is 0 Å². The Morgan fingerprint density at radius 2 is 1.35 bits per heavy atom. The van der Waals surface area contributed by atoms with Crippen molar-refractivity contribution in [3.63, 3.8) is 0 Å². The van der Waals surface area contributed by atoms with Crippen LogP contribution in [0.4, 0.5) is 0 Å². The van der Waals surface area contributed by atoms with Crippen molar-refractivity contribution in [1.82, 2.24) is 0 Å². The second-order valence-corrected chi connectivity index (χ2v) is 7.24. The van der Waals surface area contributed by atoms with Gasteiger partial charge in [-0.3, -0.25) is 0 Å². The minimum atomic E-state index is -0.837. The highest BCUT2D eigenvalue weighted by molar-refractivity contribution is 5.08. The molecule has 1 saturated carbocycles. The van der Waals surface area contributed by atoms with E-state index in [1.165, 1.54) is 0 Å². The van der Waals surface area contributed by atoms with Crippen molar-refractivity contribution in [3.8, 4) is 0 Å². The Balaban J connectivity index is 1.86. The molecule has 0 spiro atoms. The van der Waals surface area contributed by atoms with Gasteiger partial charge in [-0.1, -0.05) is 0 Å². The third kappa shape index (κ3) is 3.28. The van der Waals surface area contributed by atoms with Gasteiger partial charge in [-0.05, 0) is 41.5 Å². The van der Waals surface area contributed by atoms with Gasteiger partial charge in [0.1, 0.15) is 36.6 Å². The van der Waals surface area contributed by atoms with Gasteiger partial charge in [-0.2, -0.15) is 0 Å². The average Bonchev–Trinajstić information content (AvgIpc) is 2.91. The Hall–Kier alpha value is -0.280. The van der Waals surface area contributed by atoms with Gasteiger partial charge in [0.05, 0.1) is 0 Å². The van der Waals surface area contributed by atoms with Crippen LogP contribution in [0.3, 0.4) is 0 Å². The number of hydrogen-bond acceptors (Lipinski definition) is 7. The summed E-state index contributed by atoms with van der Waals surface area (Å²) in [7, 11) is 0. The van der Waals surface area contributed by atoms with Crippen molar-refractivity contribution >= 4 is 0 Å². The first-order chi connectivity index (χ1) is 10.6. The largest absolute Gasteiger partial charge is 0.387 e. The average molecular weight is 332 g/mol. The molecule has 3 fully saturated rings. The fourth-order valence-corrected chi connectivity index (χ4v) is 3.69. The number of fused-ring (bicyclic) bond motifs is 2. The number of aliphatic hydroxyl groups is 1. The van der Waals surface area contributed by atoms with E-state index in [1.807, 2.05) is 41.5 Å². The Morgan fingerprint density at radius 3 is 1.78 bits per heavy atom. The zero-order valence-corrected chi connectivity index (χ0v) is 14.6. The predicted octanol–water partition coefficient (Wildman–Crippen LogP) is 1.17. The van der Waals surface area contributed by atoms with Crippen LogP contribution < -0.4 is 0 Å². The highest BCUT2D eigenvalue weighted by atomic mass is 16.8. The lowest BCUT2D eigenvalue weighted by molar-refractivity contribution is -0.240. The lowest BCUT2D eigenvalue weighted by Crippen LogP contribution is -2.62. The Kier molecular flexibility index (Phi) is 4.51. The molecule has 23 heavy (non-hydrogen) atoms. The Bertz CT molecular complexity index is 406. The molecule has 0 aromatic carbocycles. The molecule has 2 heterocycles. The molecule has 0 bridgehead atoms. The van der Waals surface area contributed by atoms with Crippen LogP contribution >= 0.6 is 0 Å². The Morgan fingerprint density at radius 1 is 0.913 bits per heavy atom. The first-order valence-corrected chi connectivity index (χ1v) is 8.30. The van der Waals surface area contributed by atoms with Crippen molar-refractivity contribution in [2.45, 2.75) is 96.0 Å². The normalized spacial score (nSPS) is 45.5. The standard InChI is InChI=1S/C16H28O7/c1-7-18-8(2)19-12-13-10(20-15(3,4)22-13)9(17)11-14(12)23-16(5,6)21-11/h8-14,17H,7H2,1-6H3/t8-,9?,10-,11-,12?,13-,14+/m0/s1. The van der Waals surface area contributed by atoms with E-state index in [4.69, 9.17) is 28.4 Å². The van der Waals surface area contributed by atoms with Crippen molar-refractivity contribution in [2.75, 3.05) is 6.61 Å². The molecule has 0 radical (unpaired) electrons. The van der Waals surface area contributed by atoms with Crippen molar-refractivity contribution in [3.05, 3.63) is 0 Å². The summed E-state index contributed by atoms with van der Waals surface area (Å²) < 4.78 is 35.3. The molecule has 2 saturated heterocycles. The van der Waals surface area contributed by atoms with E-state index in [0.29, 0.717) is 6.61 Å². The van der Waals surface area contributed by atoms with Crippen molar-refractivity contribution in [1.29, 1.82) is 0 Å². The van der Waals surface area contributed by atoms with Crippen LogP contribution in [-0.2, 0) is 28.4 Å². The molecular formula is C16H28O7. The molecule has 7 atom stereocenters. The maximum absolute atomic E-state index is 10.7. The predicted molar refractivity (Wildman–Crippen MR) is 79.6 cm³/mol. The zero-order chi connectivity index (χ0) is 17.0. The number of rotatable bonds is 4. The molecule has 3 rings (SSSR count). The van der Waals surface area contributed by atoms with Crippen LogP contribution in [0.15, 0.2) is 0 Å². The number of aliphatic hydroxyl groups excluding tert-OH is 1. The summed E-state index contributed by atoms with van der Waals surface area (Å²) in [5.74, 6) is -1.58. The second-order valence-electron chi connectivity index (χ2n) is 7.24. The molecule has 1 N–H and O–H groups in total. The maximum atomic E-state index is 10.7. The van der Waals surface area contributed by atoms with E-state index in [2.05, 4.69) is 0 Å². The summed E-state index contributed by atoms with van der Waals surface area (Å²) in [5, 5.41) is 10.7. The zero-order valence-electron chi connectivity index (χ0n) is 14.6. The van der Waals surface area contributed by atoms with Gasteiger partial charge in [0.2, 0.25) is 0 Å². The summed E-state index contributed by atoms with van der Waals surface area (Å²) in [5.41, 5.74) is 0. The van der Waals surface area contributed by atoms with Crippen LogP contribution in [0.25, 0.3) is 0 Å². The topological polar surface area (TPSA) is 75.6 Å². The van der Waals surface area contributed by atoms with E-state index in [9.17, 15) is 5.11 Å². The van der Waals surface area contributed by atoms with Gasteiger partial charge >= 0.3 is 0 Å². The second kappa shape index (κ2) is 5.91. The summed E-state index contributed by atoms with van der Waals surface area (Å²) in [4.78, 5) is 0. The smallest absolute Gasteiger partial charge is 0.164 e. The summed E-state index contributed by atoms with van der Waals surface area (Å²) in [6.07, 6.45) is -3.64. The SMILES string of the molecule is CCO[C@H](C)OC1[C@H]2OC(C)(C)O[C@H]2C(O)[C@@H]2OC(C)(C)O[C@@H]12. The molecule has 134 valence electrons. The molecule has 2 unspecified atom stereocenters. The summed E-state index contributed by atoms with van der Waals surface area (Å²) in [6.45, 7) is 11.6. The van der Waals surface area contributed by atoms with Gasteiger partial charge < -0.3 is 33.5 Å². The molecular weight excluding hydrogens is 304 g/mol. The maximum Gasteiger partial charge on any atom is 0.164 e. The molecule has 7 nitrogen and oxygen atoms in total. The van der Waals surface area contributed by atoms with Gasteiger partial charge in [0, 0.05) is 6.61 Å². The van der Waals surface area contributed by atoms with Crippen molar-refractivity contribution < 1.29 is 33.5 Å². The van der Waals surface area contributed by atoms with Crippen LogP contribution in [0.2, 0.25) is 0 Å². The quantitative estimate of drug-likeness (QED) is 0.775. The minimum Gasteiger partial charge on any atom is -0.387 e. The van der Waals surface area contributed by atoms with Gasteiger partial charge in [0.15, 0.2) is 17.9 Å². The van der Waals surface area contributed by atoms with E-state index < -0.39 is 54.5 Å². The lowest BCUT2D eigenvalue weighted by Gasteiger charge is -2.41. The molecule has 0 aromatic heterocycles. The fourth-order valence-electron chi connectivity index (χ4n) is 3.69. The van der Waals surface area contributed by atoms with Crippen LogP contribution in [0, 0.1) is 0 Å². The minimum absolute atomic E-state index is 0.416. The highest BCUT2D eigenvalue weighted by Gasteiger charge is 2.63. The summed E-state index contributed by atoms with van der Waals surface area (Å²) in [6, 6.07) is 0. The fraction of sp³-hybridized carbons (Fsp3) is 1.00. The number of hydrogen-bond donors (Lipinski definition) is 1. The monoisotopic (exact) mass is 332 g/mol. The molecule has 3 aliphatic rings. The summed E-state index contributed by atoms with van der Waals surface area (Å²) >= 11 is 0.